The van der Waals surface area contributed by atoms with Gasteiger partial charge in [0.1, 0.15) is -1.13 Å². The third-order valence-corrected chi connectivity index (χ3v) is 2.69. The Morgan fingerprint density at radius 3 is 0.889 bits per heavy atom. The quantitative estimate of drug-likeness (QED) is 0.264. The summed E-state index contributed by atoms with van der Waals surface area (Å²) in [6.07, 6.45) is 1.21. The number of hydrogen-bond donors (Lipinski definition) is 0. The van der Waals surface area contributed by atoms with E-state index in [-0.39, 0.29) is 0 Å². The smallest absolute Gasteiger partial charge is 0.0553 e. The Labute approximate surface area is 137 Å². The van der Waals surface area contributed by atoms with Gasteiger partial charge < -0.3 is 0 Å². The van der Waals surface area contributed by atoms with Gasteiger partial charge >= 0.3 is 0 Å². The molecule has 0 aliphatic carbocycles. The monoisotopic (exact) mass is 799 g/mol. The van der Waals surface area contributed by atoms with E-state index in [4.69, 9.17) is 0 Å². The first-order chi connectivity index (χ1) is 3.71. The van der Waals surface area contributed by atoms with Gasteiger partial charge in [0.2, 0.25) is 0 Å². The van der Waals surface area contributed by atoms with Crippen LogP contribution in [0.1, 0.15) is 6.42 Å². The second-order valence-electron chi connectivity index (χ2n) is 1.41. The van der Waals surface area contributed by atoms with Crippen molar-refractivity contribution in [2.75, 3.05) is 0 Å². The standard InChI is InChI=1S/C3H2I6/c4-2(5,6)1-3(7,8)9/h1H2. The molecular formula is C3H2I6. The van der Waals surface area contributed by atoms with Gasteiger partial charge in [0, 0.05) is 6.42 Å². The molecule has 56 valence electrons. The van der Waals surface area contributed by atoms with Crippen LogP contribution in [-0.4, -0.2) is -1.13 Å². The highest BCUT2D eigenvalue weighted by Crippen LogP contribution is 2.51. The molecule has 0 saturated carbocycles. The maximum absolute atomic E-state index is 2.46. The predicted octanol–water partition coefficient (Wildman–Crippen LogP) is 5.29. The van der Waals surface area contributed by atoms with Gasteiger partial charge in [0.15, 0.2) is 0 Å². The average Bonchev–Trinajstić information content (AvgIpc) is 1.14. The van der Waals surface area contributed by atoms with Gasteiger partial charge in [-0.05, 0) is 0 Å². The molecule has 9 heavy (non-hydrogen) atoms. The summed E-state index contributed by atoms with van der Waals surface area (Å²) >= 11 is 14.8. The summed E-state index contributed by atoms with van der Waals surface area (Å²) in [5.41, 5.74) is 0. The van der Waals surface area contributed by atoms with Crippen LogP contribution in [0.2, 0.25) is 0 Å². The van der Waals surface area contributed by atoms with E-state index >= 15 is 0 Å². The zero-order valence-electron chi connectivity index (χ0n) is 3.97. The SMILES string of the molecule is IC(I)(I)CC(I)(I)I. The first-order valence-electron chi connectivity index (χ1n) is 1.84. The van der Waals surface area contributed by atoms with Crippen molar-refractivity contribution in [2.24, 2.45) is 0 Å². The van der Waals surface area contributed by atoms with Crippen molar-refractivity contribution < 1.29 is 0 Å². The Balaban J connectivity index is 3.75. The van der Waals surface area contributed by atoms with E-state index in [1.165, 1.54) is 6.42 Å². The summed E-state index contributed by atoms with van der Waals surface area (Å²) in [6.45, 7) is 0. The lowest BCUT2D eigenvalue weighted by Gasteiger charge is -2.19. The van der Waals surface area contributed by atoms with Crippen molar-refractivity contribution in [3.63, 3.8) is 0 Å². The van der Waals surface area contributed by atoms with Gasteiger partial charge in [-0.1, -0.05) is 136 Å². The van der Waals surface area contributed by atoms with Crippen molar-refractivity contribution in [1.82, 2.24) is 0 Å². The average molecular weight is 799 g/mol. The van der Waals surface area contributed by atoms with Gasteiger partial charge in [-0.25, -0.2) is 0 Å². The van der Waals surface area contributed by atoms with E-state index in [1.54, 1.807) is 0 Å². The molecule has 0 heterocycles. The highest BCUT2D eigenvalue weighted by molar-refractivity contribution is 14.3. The summed E-state index contributed by atoms with van der Waals surface area (Å²) in [5, 5.41) is 0. The molecule has 0 saturated heterocycles. The van der Waals surface area contributed by atoms with Crippen molar-refractivity contribution >= 4 is 136 Å². The van der Waals surface area contributed by atoms with Crippen LogP contribution >= 0.6 is 136 Å². The minimum absolute atomic E-state index is 0.372. The molecular weight excluding hydrogens is 797 g/mol. The zero-order chi connectivity index (χ0) is 7.71. The van der Waals surface area contributed by atoms with E-state index in [1.807, 2.05) is 0 Å². The van der Waals surface area contributed by atoms with Crippen LogP contribution in [0.15, 0.2) is 0 Å². The van der Waals surface area contributed by atoms with Crippen LogP contribution in [0.5, 0.6) is 0 Å². The first kappa shape index (κ1) is 13.4. The number of rotatable bonds is 2. The fourth-order valence-corrected chi connectivity index (χ4v) is 10.2. The van der Waals surface area contributed by atoms with Crippen molar-refractivity contribution in [3.05, 3.63) is 0 Å². The molecule has 0 aliphatic rings. The Morgan fingerprint density at radius 1 is 0.667 bits per heavy atom. The maximum atomic E-state index is 2.46. The van der Waals surface area contributed by atoms with Crippen LogP contribution in [0, 0.1) is 0 Å². The van der Waals surface area contributed by atoms with Gasteiger partial charge in [-0.3, -0.25) is 0 Å². The molecule has 0 atom stereocenters. The fourth-order valence-electron chi connectivity index (χ4n) is 0.227. The molecule has 0 radical (unpaired) electrons. The fraction of sp³-hybridized carbons (Fsp3) is 1.00. The summed E-state index contributed by atoms with van der Waals surface area (Å²) in [7, 11) is 0. The molecule has 0 aromatic heterocycles. The topological polar surface area (TPSA) is 0 Å². The maximum Gasteiger partial charge on any atom is 0.127 e. The van der Waals surface area contributed by atoms with E-state index in [2.05, 4.69) is 136 Å². The molecule has 0 unspecified atom stereocenters. The second kappa shape index (κ2) is 5.31. The minimum atomic E-state index is 0.372. The highest BCUT2D eigenvalue weighted by Gasteiger charge is 2.29. The number of hydrogen-bond acceptors (Lipinski definition) is 0. The molecule has 0 nitrogen and oxygen atoms in total. The molecule has 0 spiro atoms. The molecule has 0 N–H and O–H groups in total. The van der Waals surface area contributed by atoms with Crippen LogP contribution in [-0.2, 0) is 0 Å². The number of alkyl halides is 6. The third-order valence-electron chi connectivity index (χ3n) is 0.401. The van der Waals surface area contributed by atoms with Crippen molar-refractivity contribution in [1.29, 1.82) is 0 Å². The molecule has 6 heteroatoms. The highest BCUT2D eigenvalue weighted by atomic mass is 127. The van der Waals surface area contributed by atoms with Crippen molar-refractivity contribution in [3.8, 4) is 0 Å². The lowest BCUT2D eigenvalue weighted by Crippen LogP contribution is -2.10. The zero-order valence-corrected chi connectivity index (χ0v) is 16.9. The van der Waals surface area contributed by atoms with E-state index in [0.717, 1.165) is 0 Å². The molecule has 0 amide bonds. The summed E-state index contributed by atoms with van der Waals surface area (Å²) < 4.78 is 0.744. The summed E-state index contributed by atoms with van der Waals surface area (Å²) in [4.78, 5) is 0. The Kier molecular flexibility index (Phi) is 7.89. The van der Waals surface area contributed by atoms with Gasteiger partial charge in [0.25, 0.3) is 0 Å². The molecule has 0 aromatic carbocycles. The number of halogens is 6. The van der Waals surface area contributed by atoms with E-state index < -0.39 is 0 Å². The van der Waals surface area contributed by atoms with E-state index in [0.29, 0.717) is -1.13 Å². The predicted molar refractivity (Wildman–Crippen MR) is 94.2 cm³/mol. The Bertz CT molecular complexity index is 73.5. The summed E-state index contributed by atoms with van der Waals surface area (Å²) in [5.74, 6) is 0. The van der Waals surface area contributed by atoms with Crippen LogP contribution in [0.4, 0.5) is 0 Å². The van der Waals surface area contributed by atoms with Crippen molar-refractivity contribution in [2.45, 2.75) is 5.29 Å². The van der Waals surface area contributed by atoms with Gasteiger partial charge in [-0.15, -0.1) is 0 Å². The van der Waals surface area contributed by atoms with Crippen LogP contribution in [0.3, 0.4) is 0 Å². The van der Waals surface area contributed by atoms with Crippen LogP contribution < -0.4 is 0 Å². The normalized spacial score (nSPS) is 14.0. The second-order valence-corrected chi connectivity index (χ2v) is 24.8. The molecule has 0 fully saturated rings. The van der Waals surface area contributed by atoms with Gasteiger partial charge in [0.05, 0.1) is 0 Å². The first-order valence-corrected chi connectivity index (χ1v) is 8.31. The van der Waals surface area contributed by atoms with Crippen LogP contribution in [0.25, 0.3) is 0 Å². The Morgan fingerprint density at radius 2 is 0.889 bits per heavy atom. The lowest BCUT2D eigenvalue weighted by molar-refractivity contribution is 1.09. The lowest BCUT2D eigenvalue weighted by atomic mass is 10.6. The molecule has 0 aromatic rings. The Hall–Kier alpha value is 4.38. The largest absolute Gasteiger partial charge is 0.127 e. The summed E-state index contributed by atoms with van der Waals surface area (Å²) in [6, 6.07) is 0. The molecule has 0 bridgehead atoms. The minimum Gasteiger partial charge on any atom is -0.0553 e. The molecule has 0 aliphatic heterocycles. The third kappa shape index (κ3) is 12.4. The molecule has 0 rings (SSSR count). The van der Waals surface area contributed by atoms with Gasteiger partial charge in [-0.2, -0.15) is 0 Å². The van der Waals surface area contributed by atoms with E-state index in [9.17, 15) is 0 Å².